The molecule has 0 radical (unpaired) electrons. The van der Waals surface area contributed by atoms with E-state index in [1.54, 1.807) is 55.8 Å². The van der Waals surface area contributed by atoms with Gasteiger partial charge in [0.05, 0.1) is 24.3 Å². The molecule has 138 valence electrons. The number of sulfonamides is 1. The zero-order valence-electron chi connectivity index (χ0n) is 14.6. The van der Waals surface area contributed by atoms with Crippen molar-refractivity contribution in [3.05, 3.63) is 84.3 Å². The van der Waals surface area contributed by atoms with Crippen molar-refractivity contribution in [1.29, 1.82) is 0 Å². The van der Waals surface area contributed by atoms with Gasteiger partial charge in [-0.25, -0.2) is 0 Å². The van der Waals surface area contributed by atoms with Gasteiger partial charge in [-0.3, -0.25) is 0 Å². The average Bonchev–Trinajstić information content (AvgIpc) is 3.39. The van der Waals surface area contributed by atoms with Crippen molar-refractivity contribution < 1.29 is 17.6 Å². The molecule has 27 heavy (non-hydrogen) atoms. The summed E-state index contributed by atoms with van der Waals surface area (Å²) >= 11 is 0. The van der Waals surface area contributed by atoms with E-state index in [1.807, 2.05) is 24.3 Å². The molecule has 0 bridgehead atoms. The van der Waals surface area contributed by atoms with Crippen LogP contribution in [0, 0.1) is 0 Å². The van der Waals surface area contributed by atoms with E-state index in [-0.39, 0.29) is 4.90 Å². The minimum atomic E-state index is -3.80. The van der Waals surface area contributed by atoms with Crippen LogP contribution in [0.1, 0.15) is 23.8 Å². The van der Waals surface area contributed by atoms with Crippen molar-refractivity contribution in [1.82, 2.24) is 4.41 Å². The molecule has 0 amide bonds. The van der Waals surface area contributed by atoms with Crippen LogP contribution >= 0.6 is 0 Å². The van der Waals surface area contributed by atoms with E-state index in [4.69, 9.17) is 9.15 Å². The predicted octanol–water partition coefficient (Wildman–Crippen LogP) is 3.83. The molecule has 1 aliphatic rings. The molecule has 0 spiro atoms. The molecule has 0 N–H and O–H groups in total. The van der Waals surface area contributed by atoms with Crippen LogP contribution in [0.2, 0.25) is 0 Å². The summed E-state index contributed by atoms with van der Waals surface area (Å²) < 4.78 is 38.3. The number of hydrogen-bond donors (Lipinski definition) is 0. The van der Waals surface area contributed by atoms with Crippen molar-refractivity contribution in [3.63, 3.8) is 0 Å². The molecule has 6 nitrogen and oxygen atoms in total. The molecular weight excluding hydrogens is 364 g/mol. The van der Waals surface area contributed by atoms with Gasteiger partial charge in [-0.15, -0.1) is 0 Å². The van der Waals surface area contributed by atoms with E-state index in [0.717, 1.165) is 5.56 Å². The molecule has 4 rings (SSSR count). The van der Waals surface area contributed by atoms with Crippen LogP contribution in [-0.2, 0) is 10.0 Å². The Morgan fingerprint density at radius 3 is 2.41 bits per heavy atom. The lowest BCUT2D eigenvalue weighted by Gasteiger charge is -2.23. The third kappa shape index (κ3) is 3.21. The number of nitrogens with zero attached hydrogens (tertiary/aromatic N) is 2. The van der Waals surface area contributed by atoms with E-state index < -0.39 is 16.1 Å². The van der Waals surface area contributed by atoms with Gasteiger partial charge in [0, 0.05) is 6.42 Å². The second-order valence-corrected chi connectivity index (χ2v) is 7.90. The molecule has 1 aromatic heterocycles. The van der Waals surface area contributed by atoms with E-state index in [9.17, 15) is 8.42 Å². The Hall–Kier alpha value is -3.06. The number of hydrogen-bond acceptors (Lipinski definition) is 5. The standard InChI is InChI=1S/C20H18N2O4S/c1-25-16-11-9-15(10-12-16)19-14-18(20-8-5-13-26-20)21-22(19)27(23,24)17-6-3-2-4-7-17/h2-13,19H,14H2,1H3. The maximum absolute atomic E-state index is 13.2. The Bertz CT molecular complexity index is 1040. The molecule has 2 aromatic carbocycles. The maximum atomic E-state index is 13.2. The summed E-state index contributed by atoms with van der Waals surface area (Å²) in [6, 6.07) is 18.7. The Kier molecular flexibility index (Phi) is 4.45. The predicted molar refractivity (Wildman–Crippen MR) is 101 cm³/mol. The molecule has 0 saturated heterocycles. The number of furan rings is 1. The van der Waals surface area contributed by atoms with Crippen LogP contribution in [-0.4, -0.2) is 25.7 Å². The summed E-state index contributed by atoms with van der Waals surface area (Å²) in [5.41, 5.74) is 1.43. The molecule has 7 heteroatoms. The largest absolute Gasteiger partial charge is 0.497 e. The third-order valence-electron chi connectivity index (χ3n) is 4.47. The number of methoxy groups -OCH3 is 1. The quantitative estimate of drug-likeness (QED) is 0.672. The molecule has 3 aromatic rings. The van der Waals surface area contributed by atoms with Crippen LogP contribution in [0.3, 0.4) is 0 Å². The number of rotatable bonds is 5. The zero-order chi connectivity index (χ0) is 18.9. The minimum absolute atomic E-state index is 0.202. The summed E-state index contributed by atoms with van der Waals surface area (Å²) in [5.74, 6) is 1.28. The second-order valence-electron chi connectivity index (χ2n) is 6.11. The smallest absolute Gasteiger partial charge is 0.279 e. The fourth-order valence-electron chi connectivity index (χ4n) is 3.08. The topological polar surface area (TPSA) is 72.1 Å². The van der Waals surface area contributed by atoms with Crippen molar-refractivity contribution in [2.24, 2.45) is 5.10 Å². The Morgan fingerprint density at radius 2 is 1.78 bits per heavy atom. The van der Waals surface area contributed by atoms with E-state index in [1.165, 1.54) is 4.41 Å². The zero-order valence-corrected chi connectivity index (χ0v) is 15.5. The first-order chi connectivity index (χ1) is 13.1. The molecule has 1 aliphatic heterocycles. The van der Waals surface area contributed by atoms with Gasteiger partial charge >= 0.3 is 0 Å². The summed E-state index contributed by atoms with van der Waals surface area (Å²) in [6.45, 7) is 0. The summed E-state index contributed by atoms with van der Waals surface area (Å²) in [7, 11) is -2.21. The van der Waals surface area contributed by atoms with Crippen molar-refractivity contribution in [3.8, 4) is 5.75 Å². The Labute approximate surface area is 157 Å². The van der Waals surface area contributed by atoms with Crippen molar-refractivity contribution in [2.45, 2.75) is 17.4 Å². The minimum Gasteiger partial charge on any atom is -0.497 e. The van der Waals surface area contributed by atoms with Crippen molar-refractivity contribution in [2.75, 3.05) is 7.11 Å². The highest BCUT2D eigenvalue weighted by Gasteiger charge is 2.38. The van der Waals surface area contributed by atoms with Crippen LogP contribution < -0.4 is 4.74 Å². The van der Waals surface area contributed by atoms with Gasteiger partial charge in [-0.2, -0.15) is 17.9 Å². The second kappa shape index (κ2) is 6.92. The highest BCUT2D eigenvalue weighted by atomic mass is 32.2. The summed E-state index contributed by atoms with van der Waals surface area (Å²) in [4.78, 5) is 0.202. The molecule has 1 atom stereocenters. The lowest BCUT2D eigenvalue weighted by molar-refractivity contribution is 0.370. The average molecular weight is 382 g/mol. The number of ether oxygens (including phenoxy) is 1. The van der Waals surface area contributed by atoms with Gasteiger partial charge in [0.25, 0.3) is 10.0 Å². The lowest BCUT2D eigenvalue weighted by atomic mass is 10.0. The molecule has 2 heterocycles. The van der Waals surface area contributed by atoms with E-state index in [2.05, 4.69) is 5.10 Å². The number of hydrazone groups is 1. The Balaban J connectivity index is 1.77. The normalized spacial score (nSPS) is 17.0. The fraction of sp³-hybridized carbons (Fsp3) is 0.150. The SMILES string of the molecule is COc1ccc(C2CC(c3ccco3)=NN2S(=O)(=O)c2ccccc2)cc1. The van der Waals surface area contributed by atoms with E-state index >= 15 is 0 Å². The fourth-order valence-corrected chi connectivity index (χ4v) is 4.53. The summed E-state index contributed by atoms with van der Waals surface area (Å²) in [6.07, 6.45) is 1.97. The molecule has 0 aliphatic carbocycles. The third-order valence-corrected chi connectivity index (χ3v) is 6.16. The first-order valence-corrected chi connectivity index (χ1v) is 9.88. The van der Waals surface area contributed by atoms with Crippen LogP contribution in [0.15, 0.2) is 87.4 Å². The van der Waals surface area contributed by atoms with Crippen LogP contribution in [0.5, 0.6) is 5.75 Å². The monoisotopic (exact) mass is 382 g/mol. The highest BCUT2D eigenvalue weighted by Crippen LogP contribution is 2.37. The molecular formula is C20H18N2O4S. The Morgan fingerprint density at radius 1 is 1.04 bits per heavy atom. The van der Waals surface area contributed by atoms with Crippen LogP contribution in [0.4, 0.5) is 0 Å². The highest BCUT2D eigenvalue weighted by molar-refractivity contribution is 7.89. The number of benzene rings is 2. The first-order valence-electron chi connectivity index (χ1n) is 8.44. The van der Waals surface area contributed by atoms with Gasteiger partial charge in [0.2, 0.25) is 0 Å². The van der Waals surface area contributed by atoms with Gasteiger partial charge in [0.15, 0.2) is 0 Å². The van der Waals surface area contributed by atoms with Gasteiger partial charge in [0.1, 0.15) is 17.2 Å². The van der Waals surface area contributed by atoms with Gasteiger partial charge < -0.3 is 9.15 Å². The molecule has 1 unspecified atom stereocenters. The first kappa shape index (κ1) is 17.4. The molecule has 0 saturated carbocycles. The van der Waals surface area contributed by atoms with Gasteiger partial charge in [-0.1, -0.05) is 30.3 Å². The summed E-state index contributed by atoms with van der Waals surface area (Å²) in [5, 5.41) is 4.42. The van der Waals surface area contributed by atoms with Crippen molar-refractivity contribution >= 4 is 15.7 Å². The van der Waals surface area contributed by atoms with Crippen LogP contribution in [0.25, 0.3) is 0 Å². The maximum Gasteiger partial charge on any atom is 0.279 e. The van der Waals surface area contributed by atoms with Gasteiger partial charge in [-0.05, 0) is 42.0 Å². The lowest BCUT2D eigenvalue weighted by Crippen LogP contribution is -2.27. The van der Waals surface area contributed by atoms with E-state index in [0.29, 0.717) is 23.6 Å². The molecule has 0 fully saturated rings.